The summed E-state index contributed by atoms with van der Waals surface area (Å²) in [6, 6.07) is 7.14. The molecule has 0 spiro atoms. The minimum atomic E-state index is 0.102. The first-order chi connectivity index (χ1) is 9.74. The molecule has 2 saturated carbocycles. The number of benzene rings is 1. The van der Waals surface area contributed by atoms with E-state index in [-0.39, 0.29) is 11.8 Å². The van der Waals surface area contributed by atoms with E-state index in [4.69, 9.17) is 10.00 Å². The molecule has 0 bridgehead atoms. The van der Waals surface area contributed by atoms with Gasteiger partial charge in [0, 0.05) is 12.0 Å². The number of methoxy groups -OCH3 is 1. The smallest absolute Gasteiger partial charge is 0.228 e. The summed E-state index contributed by atoms with van der Waals surface area (Å²) in [7, 11) is 1.54. The van der Waals surface area contributed by atoms with E-state index in [1.54, 1.807) is 25.3 Å². The largest absolute Gasteiger partial charge is 0.495 e. The van der Waals surface area contributed by atoms with Crippen LogP contribution < -0.4 is 10.1 Å². The Hall–Kier alpha value is -2.02. The van der Waals surface area contributed by atoms with Crippen LogP contribution in [0.1, 0.15) is 31.2 Å². The van der Waals surface area contributed by atoms with Gasteiger partial charge in [0.15, 0.2) is 0 Å². The van der Waals surface area contributed by atoms with Gasteiger partial charge in [0.2, 0.25) is 5.91 Å². The molecule has 2 fully saturated rings. The van der Waals surface area contributed by atoms with Crippen LogP contribution in [0.5, 0.6) is 5.75 Å². The maximum Gasteiger partial charge on any atom is 0.228 e. The quantitative estimate of drug-likeness (QED) is 0.918. The Morgan fingerprint density at radius 2 is 2.05 bits per heavy atom. The molecule has 1 aromatic carbocycles. The number of hydrogen-bond acceptors (Lipinski definition) is 3. The van der Waals surface area contributed by atoms with Gasteiger partial charge in [-0.15, -0.1) is 0 Å². The minimum Gasteiger partial charge on any atom is -0.495 e. The van der Waals surface area contributed by atoms with Crippen molar-refractivity contribution in [2.75, 3.05) is 12.4 Å². The Balaban J connectivity index is 1.72. The molecule has 2 aliphatic carbocycles. The van der Waals surface area contributed by atoms with Gasteiger partial charge in [0.05, 0.1) is 24.4 Å². The fraction of sp³-hybridized carbons (Fsp3) is 0.500. The highest BCUT2D eigenvalue weighted by Gasteiger charge is 2.54. The lowest BCUT2D eigenvalue weighted by Crippen LogP contribution is -2.16. The first-order valence-corrected chi connectivity index (χ1v) is 7.13. The van der Waals surface area contributed by atoms with E-state index in [2.05, 4.69) is 11.4 Å². The van der Waals surface area contributed by atoms with Gasteiger partial charge in [-0.2, -0.15) is 5.26 Å². The molecule has 2 atom stereocenters. The van der Waals surface area contributed by atoms with Crippen LogP contribution >= 0.6 is 0 Å². The maximum atomic E-state index is 12.3. The van der Waals surface area contributed by atoms with Crippen LogP contribution in [0.4, 0.5) is 5.69 Å². The van der Waals surface area contributed by atoms with E-state index in [9.17, 15) is 4.79 Å². The first-order valence-electron chi connectivity index (χ1n) is 7.13. The van der Waals surface area contributed by atoms with Gasteiger partial charge in [0.1, 0.15) is 5.75 Å². The van der Waals surface area contributed by atoms with E-state index >= 15 is 0 Å². The summed E-state index contributed by atoms with van der Waals surface area (Å²) < 4.78 is 5.24. The van der Waals surface area contributed by atoms with Crippen LogP contribution in [0.3, 0.4) is 0 Å². The van der Waals surface area contributed by atoms with Crippen molar-refractivity contribution in [3.63, 3.8) is 0 Å². The molecular formula is C16H18N2O2. The average molecular weight is 270 g/mol. The molecule has 0 saturated heterocycles. The van der Waals surface area contributed by atoms with E-state index in [0.29, 0.717) is 28.8 Å². The predicted octanol–water partition coefficient (Wildman–Crippen LogP) is 2.94. The molecular weight excluding hydrogens is 252 g/mol. The third kappa shape index (κ3) is 2.24. The molecule has 0 aliphatic heterocycles. The number of anilines is 1. The summed E-state index contributed by atoms with van der Waals surface area (Å²) >= 11 is 0. The molecule has 4 heteroatoms. The second-order valence-corrected chi connectivity index (χ2v) is 5.65. The standard InChI is InChI=1S/C16H18N2O2/c1-20-14-8-10(9-17)6-7-13(14)18-16(19)15-11-4-2-3-5-12(11)15/h6-8,11-12,15H,2-5H2,1H3,(H,18,19). The number of nitrogens with zero attached hydrogens (tertiary/aromatic N) is 1. The Bertz CT molecular complexity index is 564. The van der Waals surface area contributed by atoms with Crippen LogP contribution in [-0.2, 0) is 4.79 Å². The Labute approximate surface area is 118 Å². The molecule has 0 aromatic heterocycles. The summed E-state index contributed by atoms with van der Waals surface area (Å²) in [6.07, 6.45) is 4.89. The highest BCUT2D eigenvalue weighted by atomic mass is 16.5. The number of fused-ring (bicyclic) bond motifs is 1. The van der Waals surface area contributed by atoms with Gasteiger partial charge in [-0.25, -0.2) is 0 Å². The summed E-state index contributed by atoms with van der Waals surface area (Å²) in [5.41, 5.74) is 1.18. The number of nitrogens with one attached hydrogen (secondary N) is 1. The number of amides is 1. The molecule has 1 N–H and O–H groups in total. The van der Waals surface area contributed by atoms with Crippen LogP contribution in [-0.4, -0.2) is 13.0 Å². The molecule has 3 rings (SSSR count). The van der Waals surface area contributed by atoms with Crippen molar-refractivity contribution in [1.29, 1.82) is 5.26 Å². The van der Waals surface area contributed by atoms with E-state index < -0.39 is 0 Å². The number of carbonyl (C=O) groups excluding carboxylic acids is 1. The van der Waals surface area contributed by atoms with Crippen molar-refractivity contribution in [3.8, 4) is 11.8 Å². The molecule has 104 valence electrons. The van der Waals surface area contributed by atoms with E-state index in [1.165, 1.54) is 25.7 Å². The fourth-order valence-electron chi connectivity index (χ4n) is 3.46. The Morgan fingerprint density at radius 3 is 2.65 bits per heavy atom. The van der Waals surface area contributed by atoms with Crippen molar-refractivity contribution in [1.82, 2.24) is 0 Å². The van der Waals surface area contributed by atoms with Crippen molar-refractivity contribution in [2.45, 2.75) is 25.7 Å². The molecule has 2 aliphatic rings. The molecule has 4 nitrogen and oxygen atoms in total. The van der Waals surface area contributed by atoms with Crippen molar-refractivity contribution in [2.24, 2.45) is 17.8 Å². The number of nitriles is 1. The van der Waals surface area contributed by atoms with Gasteiger partial charge in [-0.05, 0) is 36.8 Å². The zero-order chi connectivity index (χ0) is 14.1. The zero-order valence-electron chi connectivity index (χ0n) is 11.6. The number of rotatable bonds is 3. The molecule has 2 unspecified atom stereocenters. The number of hydrogen-bond donors (Lipinski definition) is 1. The van der Waals surface area contributed by atoms with Crippen LogP contribution in [0.25, 0.3) is 0 Å². The maximum absolute atomic E-state index is 12.3. The highest BCUT2D eigenvalue weighted by Crippen LogP contribution is 2.55. The molecule has 20 heavy (non-hydrogen) atoms. The summed E-state index contributed by atoms with van der Waals surface area (Å²) in [4.78, 5) is 12.3. The molecule has 1 amide bonds. The topological polar surface area (TPSA) is 62.1 Å². The van der Waals surface area contributed by atoms with Crippen LogP contribution in [0, 0.1) is 29.1 Å². The number of ether oxygens (including phenoxy) is 1. The first kappa shape index (κ1) is 13.0. The van der Waals surface area contributed by atoms with Gasteiger partial charge in [-0.1, -0.05) is 12.8 Å². The lowest BCUT2D eigenvalue weighted by molar-refractivity contribution is -0.117. The van der Waals surface area contributed by atoms with Crippen LogP contribution in [0.2, 0.25) is 0 Å². The van der Waals surface area contributed by atoms with Gasteiger partial charge >= 0.3 is 0 Å². The lowest BCUT2D eigenvalue weighted by Gasteiger charge is -2.10. The van der Waals surface area contributed by atoms with E-state index in [0.717, 1.165) is 0 Å². The normalized spacial score (nSPS) is 27.1. The molecule has 0 radical (unpaired) electrons. The predicted molar refractivity (Wildman–Crippen MR) is 75.3 cm³/mol. The summed E-state index contributed by atoms with van der Waals surface area (Å²) in [6.45, 7) is 0. The Morgan fingerprint density at radius 1 is 1.35 bits per heavy atom. The summed E-state index contributed by atoms with van der Waals surface area (Å²) in [5.74, 6) is 2.00. The van der Waals surface area contributed by atoms with Gasteiger partial charge in [0.25, 0.3) is 0 Å². The van der Waals surface area contributed by atoms with Crippen molar-refractivity contribution < 1.29 is 9.53 Å². The molecule has 0 heterocycles. The van der Waals surface area contributed by atoms with Crippen molar-refractivity contribution in [3.05, 3.63) is 23.8 Å². The van der Waals surface area contributed by atoms with Gasteiger partial charge < -0.3 is 10.1 Å². The fourth-order valence-corrected chi connectivity index (χ4v) is 3.46. The third-order valence-electron chi connectivity index (χ3n) is 4.55. The lowest BCUT2D eigenvalue weighted by atomic mass is 10.0. The highest BCUT2D eigenvalue weighted by molar-refractivity contribution is 5.96. The third-order valence-corrected chi connectivity index (χ3v) is 4.55. The monoisotopic (exact) mass is 270 g/mol. The summed E-state index contributed by atoms with van der Waals surface area (Å²) in [5, 5.41) is 11.8. The SMILES string of the molecule is COc1cc(C#N)ccc1NC(=O)C1C2CCCCC21. The van der Waals surface area contributed by atoms with Crippen LogP contribution in [0.15, 0.2) is 18.2 Å². The second-order valence-electron chi connectivity index (χ2n) is 5.65. The molecule has 1 aromatic rings. The Kier molecular flexibility index (Phi) is 3.35. The average Bonchev–Trinajstić information content (AvgIpc) is 3.22. The second kappa shape index (κ2) is 5.16. The number of carbonyl (C=O) groups is 1. The van der Waals surface area contributed by atoms with Gasteiger partial charge in [-0.3, -0.25) is 4.79 Å². The zero-order valence-corrected chi connectivity index (χ0v) is 11.6. The minimum absolute atomic E-state index is 0.102. The van der Waals surface area contributed by atoms with E-state index in [1.807, 2.05) is 0 Å². The van der Waals surface area contributed by atoms with Crippen molar-refractivity contribution >= 4 is 11.6 Å².